The molecule has 0 atom stereocenters. The van der Waals surface area contributed by atoms with Gasteiger partial charge in [-0.1, -0.05) is 35.9 Å². The van der Waals surface area contributed by atoms with E-state index in [1.165, 1.54) is 16.9 Å². The van der Waals surface area contributed by atoms with Crippen LogP contribution in [0, 0.1) is 20.8 Å². The summed E-state index contributed by atoms with van der Waals surface area (Å²) in [6.07, 6.45) is 0. The van der Waals surface area contributed by atoms with Crippen molar-refractivity contribution in [1.82, 2.24) is 4.57 Å². The molecule has 45 heavy (non-hydrogen) atoms. The molecule has 10 heteroatoms. The third-order valence-electron chi connectivity index (χ3n) is 9.09. The minimum atomic E-state index is -4.06. The second kappa shape index (κ2) is 8.13. The lowest BCUT2D eigenvalue weighted by Crippen LogP contribution is -2.02. The molecule has 0 saturated heterocycles. The summed E-state index contributed by atoms with van der Waals surface area (Å²) in [6.45, 7) is 5.95. The first-order chi connectivity index (χ1) is 21.5. The van der Waals surface area contributed by atoms with Gasteiger partial charge in [0.05, 0.1) is 24.9 Å². The highest BCUT2D eigenvalue weighted by atomic mass is 32.2. The molecule has 10 rings (SSSR count). The highest BCUT2D eigenvalue weighted by Crippen LogP contribution is 2.59. The van der Waals surface area contributed by atoms with Crippen LogP contribution in [-0.4, -0.2) is 21.4 Å². The summed E-state index contributed by atoms with van der Waals surface area (Å²) in [4.78, 5) is 0.314. The molecule has 0 aliphatic carbocycles. The second-order valence-electron chi connectivity index (χ2n) is 12.0. The summed E-state index contributed by atoms with van der Waals surface area (Å²) < 4.78 is 67.2. The number of aromatic nitrogens is 1. The Hall–Kier alpha value is -4.22. The number of aryl methyl sites for hydroxylation is 3. The summed E-state index contributed by atoms with van der Waals surface area (Å²) in [5, 5.41) is 2.46. The maximum atomic E-state index is 14.1. The maximum Gasteiger partial charge on any atom is 0.210 e. The van der Waals surface area contributed by atoms with Crippen molar-refractivity contribution in [1.29, 1.82) is 0 Å². The lowest BCUT2D eigenvalue weighted by Gasteiger charge is -2.07. The monoisotopic (exact) mass is 663 g/mol. The topological polar surface area (TPSA) is 86.3 Å². The molecule has 4 aromatic heterocycles. The van der Waals surface area contributed by atoms with Gasteiger partial charge in [-0.2, -0.15) is 0 Å². The number of furan rings is 1. The van der Waals surface area contributed by atoms with Crippen molar-refractivity contribution in [3.8, 4) is 5.69 Å². The molecule has 0 spiro atoms. The molecular weight excluding hydrogens is 643 g/mol. The van der Waals surface area contributed by atoms with Crippen LogP contribution in [0.4, 0.5) is 0 Å². The van der Waals surface area contributed by atoms with Crippen LogP contribution in [-0.2, 0) is 19.7 Å². The number of thiophene rings is 2. The predicted octanol–water partition coefficient (Wildman–Crippen LogP) is 9.28. The zero-order valence-corrected chi connectivity index (χ0v) is 27.3. The first kappa shape index (κ1) is 26.0. The Kier molecular flexibility index (Phi) is 4.71. The van der Waals surface area contributed by atoms with Crippen LogP contribution in [0.1, 0.15) is 27.1 Å². The van der Waals surface area contributed by atoms with Gasteiger partial charge in [0.1, 0.15) is 15.3 Å². The van der Waals surface area contributed by atoms with Crippen LogP contribution in [0.2, 0.25) is 0 Å². The molecule has 0 saturated carbocycles. The molecule has 6 nitrogen and oxygen atoms in total. The number of hydrogen-bond acceptors (Lipinski definition) is 7. The first-order valence-electron chi connectivity index (χ1n) is 14.3. The van der Waals surface area contributed by atoms with E-state index in [4.69, 9.17) is 4.42 Å². The molecule has 2 aliphatic heterocycles. The molecular formula is C35H21NO5S4. The van der Waals surface area contributed by atoms with Crippen LogP contribution in [0.3, 0.4) is 0 Å². The van der Waals surface area contributed by atoms with E-state index in [0.717, 1.165) is 59.2 Å². The Balaban J connectivity index is 1.27. The quantitative estimate of drug-likeness (QED) is 0.175. The smallest absolute Gasteiger partial charge is 0.210 e. The average molecular weight is 664 g/mol. The molecule has 8 aromatic rings. The molecule has 6 heterocycles. The fraction of sp³-hybridized carbons (Fsp3) is 0.0857. The zero-order chi connectivity index (χ0) is 30.7. The summed E-state index contributed by atoms with van der Waals surface area (Å²) >= 11 is 2.79. The van der Waals surface area contributed by atoms with E-state index in [2.05, 4.69) is 60.9 Å². The molecule has 2 aliphatic rings. The number of fused-ring (bicyclic) bond motifs is 13. The third-order valence-corrected chi connectivity index (χ3v) is 15.6. The average Bonchev–Trinajstić information content (AvgIpc) is 3.78. The van der Waals surface area contributed by atoms with E-state index in [9.17, 15) is 16.8 Å². The molecule has 0 bridgehead atoms. The lowest BCUT2D eigenvalue weighted by molar-refractivity contribution is 0.606. The lowest BCUT2D eigenvalue weighted by atomic mass is 10.1. The molecule has 220 valence electrons. The Bertz CT molecular complexity index is 2970. The Labute approximate surface area is 265 Å². The molecule has 0 N–H and O–H groups in total. The van der Waals surface area contributed by atoms with Gasteiger partial charge in [-0.05, 0) is 74.4 Å². The highest BCUT2D eigenvalue weighted by molar-refractivity contribution is 8.09. The Morgan fingerprint density at radius 2 is 1.33 bits per heavy atom. The second-order valence-corrected chi connectivity index (χ2v) is 17.8. The zero-order valence-electron chi connectivity index (χ0n) is 24.0. The van der Waals surface area contributed by atoms with E-state index in [0.29, 0.717) is 15.0 Å². The van der Waals surface area contributed by atoms with E-state index >= 15 is 0 Å². The van der Waals surface area contributed by atoms with Crippen LogP contribution in [0.5, 0.6) is 0 Å². The van der Waals surface area contributed by atoms with Crippen molar-refractivity contribution in [2.24, 2.45) is 0 Å². The predicted molar refractivity (Wildman–Crippen MR) is 183 cm³/mol. The highest BCUT2D eigenvalue weighted by Gasteiger charge is 2.51. The molecule has 0 fully saturated rings. The van der Waals surface area contributed by atoms with Crippen LogP contribution in [0.15, 0.2) is 87.0 Å². The van der Waals surface area contributed by atoms with E-state index in [1.54, 1.807) is 36.5 Å². The summed E-state index contributed by atoms with van der Waals surface area (Å²) in [5.41, 5.74) is 8.00. The number of rotatable bonds is 1. The maximum absolute atomic E-state index is 14.1. The van der Waals surface area contributed by atoms with Crippen molar-refractivity contribution in [2.45, 2.75) is 30.6 Å². The minimum Gasteiger partial charge on any atom is -0.452 e. The van der Waals surface area contributed by atoms with Crippen molar-refractivity contribution >= 4 is 105 Å². The van der Waals surface area contributed by atoms with Crippen molar-refractivity contribution in [3.05, 3.63) is 99.9 Å². The van der Waals surface area contributed by atoms with Gasteiger partial charge in [-0.3, -0.25) is 0 Å². The van der Waals surface area contributed by atoms with Gasteiger partial charge in [0.15, 0.2) is 11.2 Å². The molecule has 4 aromatic carbocycles. The minimum absolute atomic E-state index is 0.0700. The molecule has 0 radical (unpaired) electrons. The number of nitrogens with zero attached hydrogens (tertiary/aromatic N) is 1. The Morgan fingerprint density at radius 3 is 2.13 bits per heavy atom. The SMILES string of the molecule is Cc1ccc(-n2c3cc(C)ccc3c3oc4c5cc6sc7c(c6cc5sc4c32)S(=O)(=O)C2=C7S(=O)(=O)c3cc(C)ccc32)cc1. The fourth-order valence-electron chi connectivity index (χ4n) is 7.04. The summed E-state index contributed by atoms with van der Waals surface area (Å²) in [5.74, 6) is 0. The van der Waals surface area contributed by atoms with Crippen molar-refractivity contribution in [3.63, 3.8) is 0 Å². The van der Waals surface area contributed by atoms with Crippen molar-refractivity contribution < 1.29 is 21.3 Å². The van der Waals surface area contributed by atoms with Crippen LogP contribution < -0.4 is 0 Å². The number of benzene rings is 4. The van der Waals surface area contributed by atoms with Gasteiger partial charge >= 0.3 is 0 Å². The van der Waals surface area contributed by atoms with Gasteiger partial charge in [-0.15, -0.1) is 22.7 Å². The van der Waals surface area contributed by atoms with E-state index < -0.39 is 19.7 Å². The van der Waals surface area contributed by atoms with Gasteiger partial charge in [0.25, 0.3) is 0 Å². The van der Waals surface area contributed by atoms with E-state index in [1.807, 2.05) is 12.1 Å². The standard InChI is InChI=1S/C35H21NO5S4/c1-16-4-8-19(9-5-16)36-24-12-17(2)6-10-20(24)29-28(36)31-30(41-29)22-14-26-23(15-25(22)42-31)33-32(43-26)35-34(45(33,39)40)21-11-7-18(3)13-27(21)44(35,37)38/h4-15H,1-3H3. The first-order valence-corrected chi connectivity index (χ1v) is 18.9. The Morgan fingerprint density at radius 1 is 0.644 bits per heavy atom. The fourth-order valence-corrected chi connectivity index (χ4v) is 14.7. The molecule has 0 amide bonds. The normalized spacial score (nSPS) is 16.5. The molecule has 0 unspecified atom stereocenters. The van der Waals surface area contributed by atoms with Gasteiger partial charge < -0.3 is 8.98 Å². The largest absolute Gasteiger partial charge is 0.452 e. The number of hydrogen-bond donors (Lipinski definition) is 0. The van der Waals surface area contributed by atoms with Gasteiger partial charge in [-0.25, -0.2) is 16.8 Å². The van der Waals surface area contributed by atoms with Crippen LogP contribution in [0.25, 0.3) is 68.0 Å². The third kappa shape index (κ3) is 3.08. The van der Waals surface area contributed by atoms with Gasteiger partial charge in [0.2, 0.25) is 19.7 Å². The van der Waals surface area contributed by atoms with Crippen LogP contribution >= 0.6 is 22.7 Å². The summed E-state index contributed by atoms with van der Waals surface area (Å²) in [6, 6.07) is 23.6. The van der Waals surface area contributed by atoms with E-state index in [-0.39, 0.29) is 25.2 Å². The van der Waals surface area contributed by atoms with Crippen molar-refractivity contribution in [2.75, 3.05) is 0 Å². The van der Waals surface area contributed by atoms with Gasteiger partial charge in [0, 0.05) is 36.8 Å². The summed E-state index contributed by atoms with van der Waals surface area (Å²) in [7, 11) is -8.04. The number of sulfone groups is 2.